The Hall–Kier alpha value is -1.15. The van der Waals surface area contributed by atoms with Gasteiger partial charge in [0.05, 0.1) is 25.2 Å². The third-order valence-electron chi connectivity index (χ3n) is 1.74. The maximum atomic E-state index is 11.4. The standard InChI is InChI=1S/C9H17NO6S/c1-3-16-9(13)4-5-17(14,15)10-7(2)6-8(11)12/h7,10H,3-6H2,1-2H3,(H,11,12). The SMILES string of the molecule is CCOC(=O)CCS(=O)(=O)NC(C)CC(=O)O. The Morgan fingerprint density at radius 3 is 2.47 bits per heavy atom. The number of sulfonamides is 1. The zero-order valence-electron chi connectivity index (χ0n) is 9.80. The van der Waals surface area contributed by atoms with Crippen molar-refractivity contribution in [3.63, 3.8) is 0 Å². The third kappa shape index (κ3) is 8.64. The Kier molecular flexibility index (Phi) is 6.74. The highest BCUT2D eigenvalue weighted by Crippen LogP contribution is 1.98. The quantitative estimate of drug-likeness (QED) is 0.585. The molecule has 0 aromatic rings. The summed E-state index contributed by atoms with van der Waals surface area (Å²) in [6.07, 6.45) is -0.554. The lowest BCUT2D eigenvalue weighted by atomic mass is 10.3. The average molecular weight is 267 g/mol. The van der Waals surface area contributed by atoms with Crippen LogP contribution in [0.3, 0.4) is 0 Å². The molecule has 0 radical (unpaired) electrons. The van der Waals surface area contributed by atoms with Crippen LogP contribution in [0.2, 0.25) is 0 Å². The van der Waals surface area contributed by atoms with E-state index in [1.54, 1.807) is 6.92 Å². The second kappa shape index (κ2) is 7.23. The Morgan fingerprint density at radius 1 is 1.41 bits per heavy atom. The van der Waals surface area contributed by atoms with Crippen LogP contribution in [-0.4, -0.2) is 43.9 Å². The first-order valence-electron chi connectivity index (χ1n) is 5.14. The molecule has 0 aromatic heterocycles. The molecule has 0 fully saturated rings. The molecule has 0 heterocycles. The van der Waals surface area contributed by atoms with Gasteiger partial charge in [0, 0.05) is 6.04 Å². The number of carbonyl (C=O) groups excluding carboxylic acids is 1. The number of carbonyl (C=O) groups is 2. The van der Waals surface area contributed by atoms with Gasteiger partial charge in [-0.2, -0.15) is 0 Å². The Bertz CT molecular complexity index is 364. The van der Waals surface area contributed by atoms with E-state index in [1.165, 1.54) is 6.92 Å². The molecule has 17 heavy (non-hydrogen) atoms. The van der Waals surface area contributed by atoms with Crippen LogP contribution in [0.4, 0.5) is 0 Å². The summed E-state index contributed by atoms with van der Waals surface area (Å²) < 4.78 is 29.6. The van der Waals surface area contributed by atoms with Crippen LogP contribution in [0.25, 0.3) is 0 Å². The molecule has 0 spiro atoms. The predicted molar refractivity (Wildman–Crippen MR) is 59.9 cm³/mol. The minimum atomic E-state index is -3.65. The molecule has 0 aromatic carbocycles. The van der Waals surface area contributed by atoms with Crippen molar-refractivity contribution in [2.45, 2.75) is 32.7 Å². The highest BCUT2D eigenvalue weighted by molar-refractivity contribution is 7.89. The van der Waals surface area contributed by atoms with Crippen molar-refractivity contribution in [3.8, 4) is 0 Å². The molecular weight excluding hydrogens is 250 g/mol. The van der Waals surface area contributed by atoms with Crippen molar-refractivity contribution in [1.82, 2.24) is 4.72 Å². The van der Waals surface area contributed by atoms with Gasteiger partial charge in [-0.05, 0) is 13.8 Å². The largest absolute Gasteiger partial charge is 0.481 e. The van der Waals surface area contributed by atoms with Crippen molar-refractivity contribution in [2.75, 3.05) is 12.4 Å². The van der Waals surface area contributed by atoms with Crippen LogP contribution >= 0.6 is 0 Å². The summed E-state index contributed by atoms with van der Waals surface area (Å²) >= 11 is 0. The van der Waals surface area contributed by atoms with Crippen molar-refractivity contribution in [2.24, 2.45) is 0 Å². The van der Waals surface area contributed by atoms with E-state index in [-0.39, 0.29) is 19.4 Å². The van der Waals surface area contributed by atoms with Crippen molar-refractivity contribution >= 4 is 22.0 Å². The van der Waals surface area contributed by atoms with E-state index in [0.29, 0.717) is 0 Å². The fourth-order valence-electron chi connectivity index (χ4n) is 1.12. The highest BCUT2D eigenvalue weighted by atomic mass is 32.2. The monoisotopic (exact) mass is 267 g/mol. The number of aliphatic carboxylic acids is 1. The number of nitrogens with one attached hydrogen (secondary N) is 1. The molecule has 0 aliphatic rings. The minimum absolute atomic E-state index is 0.196. The van der Waals surface area contributed by atoms with E-state index in [1.807, 2.05) is 0 Å². The molecule has 0 bridgehead atoms. The molecule has 0 saturated heterocycles. The zero-order chi connectivity index (χ0) is 13.5. The molecule has 1 unspecified atom stereocenters. The van der Waals surface area contributed by atoms with Crippen LogP contribution in [0.15, 0.2) is 0 Å². The van der Waals surface area contributed by atoms with Gasteiger partial charge in [0.25, 0.3) is 0 Å². The van der Waals surface area contributed by atoms with Crippen molar-refractivity contribution in [3.05, 3.63) is 0 Å². The normalized spacial score (nSPS) is 13.1. The fourth-order valence-corrected chi connectivity index (χ4v) is 2.37. The van der Waals surface area contributed by atoms with E-state index in [9.17, 15) is 18.0 Å². The fraction of sp³-hybridized carbons (Fsp3) is 0.778. The molecule has 1 atom stereocenters. The summed E-state index contributed by atoms with van der Waals surface area (Å²) in [5.74, 6) is -2.09. The first-order valence-corrected chi connectivity index (χ1v) is 6.79. The molecule has 0 aliphatic heterocycles. The summed E-state index contributed by atoms with van der Waals surface area (Å²) in [6, 6.07) is -0.709. The van der Waals surface area contributed by atoms with Gasteiger partial charge in [0.15, 0.2) is 0 Å². The van der Waals surface area contributed by atoms with Gasteiger partial charge >= 0.3 is 11.9 Å². The van der Waals surface area contributed by atoms with E-state index < -0.39 is 33.8 Å². The first kappa shape index (κ1) is 15.9. The number of ether oxygens (including phenoxy) is 1. The molecule has 2 N–H and O–H groups in total. The smallest absolute Gasteiger partial charge is 0.306 e. The van der Waals surface area contributed by atoms with Crippen molar-refractivity contribution in [1.29, 1.82) is 0 Å². The Labute approximate surface area is 100 Å². The number of rotatable bonds is 8. The van der Waals surface area contributed by atoms with E-state index in [4.69, 9.17) is 5.11 Å². The minimum Gasteiger partial charge on any atom is -0.481 e. The molecule has 7 nitrogen and oxygen atoms in total. The third-order valence-corrected chi connectivity index (χ3v) is 3.24. The molecule has 100 valence electrons. The van der Waals surface area contributed by atoms with Crippen LogP contribution in [0.1, 0.15) is 26.7 Å². The Balaban J connectivity index is 4.12. The van der Waals surface area contributed by atoms with Gasteiger partial charge in [-0.25, -0.2) is 13.1 Å². The molecule has 0 rings (SSSR count). The van der Waals surface area contributed by atoms with E-state index in [0.717, 1.165) is 0 Å². The molecule has 8 heteroatoms. The van der Waals surface area contributed by atoms with Gasteiger partial charge in [0.1, 0.15) is 0 Å². The van der Waals surface area contributed by atoms with E-state index in [2.05, 4.69) is 9.46 Å². The maximum absolute atomic E-state index is 11.4. The predicted octanol–water partition coefficient (Wildman–Crippen LogP) is -0.278. The average Bonchev–Trinajstić information content (AvgIpc) is 2.13. The lowest BCUT2D eigenvalue weighted by molar-refractivity contribution is -0.142. The maximum Gasteiger partial charge on any atom is 0.306 e. The second-order valence-corrected chi connectivity index (χ2v) is 5.36. The van der Waals surface area contributed by atoms with Gasteiger partial charge in [-0.1, -0.05) is 0 Å². The summed E-state index contributed by atoms with van der Waals surface area (Å²) in [4.78, 5) is 21.3. The molecule has 0 aliphatic carbocycles. The number of carboxylic acids is 1. The number of hydrogen-bond donors (Lipinski definition) is 2. The molecular formula is C9H17NO6S. The van der Waals surface area contributed by atoms with Gasteiger partial charge in [-0.15, -0.1) is 0 Å². The van der Waals surface area contributed by atoms with Crippen LogP contribution in [0, 0.1) is 0 Å². The second-order valence-electron chi connectivity index (χ2n) is 3.49. The zero-order valence-corrected chi connectivity index (χ0v) is 10.6. The van der Waals surface area contributed by atoms with Crippen LogP contribution in [0.5, 0.6) is 0 Å². The van der Waals surface area contributed by atoms with Crippen molar-refractivity contribution < 1.29 is 27.9 Å². The summed E-state index contributed by atoms with van der Waals surface area (Å²) in [6.45, 7) is 3.26. The summed E-state index contributed by atoms with van der Waals surface area (Å²) in [7, 11) is -3.65. The van der Waals surface area contributed by atoms with Crippen LogP contribution in [-0.2, 0) is 24.3 Å². The van der Waals surface area contributed by atoms with Gasteiger partial charge in [0.2, 0.25) is 10.0 Å². The number of hydrogen-bond acceptors (Lipinski definition) is 5. The summed E-state index contributed by atoms with van der Waals surface area (Å²) in [5.41, 5.74) is 0. The van der Waals surface area contributed by atoms with Gasteiger partial charge in [-0.3, -0.25) is 9.59 Å². The van der Waals surface area contributed by atoms with Crippen LogP contribution < -0.4 is 4.72 Å². The lowest BCUT2D eigenvalue weighted by Gasteiger charge is -2.11. The lowest BCUT2D eigenvalue weighted by Crippen LogP contribution is -2.36. The molecule has 0 saturated carbocycles. The summed E-state index contributed by atoms with van der Waals surface area (Å²) in [5, 5.41) is 8.46. The van der Waals surface area contributed by atoms with E-state index >= 15 is 0 Å². The Morgan fingerprint density at radius 2 is 2.00 bits per heavy atom. The van der Waals surface area contributed by atoms with Gasteiger partial charge < -0.3 is 9.84 Å². The highest BCUT2D eigenvalue weighted by Gasteiger charge is 2.18. The topological polar surface area (TPSA) is 110 Å². The molecule has 0 amide bonds. The number of carboxylic acid groups (broad SMARTS) is 1. The first-order chi connectivity index (χ1) is 7.76. The number of esters is 1.